The summed E-state index contributed by atoms with van der Waals surface area (Å²) < 4.78 is 56.7. The molecule has 2 aromatic rings. The van der Waals surface area contributed by atoms with Crippen molar-refractivity contribution in [2.45, 2.75) is 44.3 Å². The van der Waals surface area contributed by atoms with Gasteiger partial charge in [0.15, 0.2) is 0 Å². The zero-order valence-electron chi connectivity index (χ0n) is 17.6. The Kier molecular flexibility index (Phi) is 7.70. The number of thiazole rings is 1. The van der Waals surface area contributed by atoms with Crippen LogP contribution in [0.1, 0.15) is 33.9 Å². The summed E-state index contributed by atoms with van der Waals surface area (Å²) in [6.45, 7) is 4.25. The van der Waals surface area contributed by atoms with Gasteiger partial charge in [-0.2, -0.15) is 13.2 Å². The average molecular weight is 490 g/mol. The summed E-state index contributed by atoms with van der Waals surface area (Å²) in [5, 5.41) is 10.2. The number of halogens is 4. The summed E-state index contributed by atoms with van der Waals surface area (Å²) in [5.74, 6) is -3.18. The van der Waals surface area contributed by atoms with Crippen LogP contribution in [0, 0.1) is 12.7 Å². The van der Waals surface area contributed by atoms with Crippen LogP contribution in [0.3, 0.4) is 0 Å². The van der Waals surface area contributed by atoms with E-state index >= 15 is 0 Å². The van der Waals surface area contributed by atoms with Crippen LogP contribution in [0.15, 0.2) is 29.6 Å². The minimum absolute atomic E-state index is 0.0831. The van der Waals surface area contributed by atoms with E-state index in [4.69, 9.17) is 19.4 Å². The largest absolute Gasteiger partial charge is 0.490 e. The topological polar surface area (TPSA) is 89.0 Å². The molecule has 33 heavy (non-hydrogen) atoms. The van der Waals surface area contributed by atoms with Crippen LogP contribution in [0.25, 0.3) is 0 Å². The molecule has 2 aliphatic rings. The molecule has 1 aromatic carbocycles. The molecule has 1 atom stereocenters. The number of aliphatic carboxylic acids is 1. The molecule has 2 fully saturated rings. The fourth-order valence-corrected chi connectivity index (χ4v) is 4.19. The van der Waals surface area contributed by atoms with Crippen LogP contribution >= 0.6 is 11.3 Å². The summed E-state index contributed by atoms with van der Waals surface area (Å²) in [6, 6.07) is 5.66. The van der Waals surface area contributed by atoms with Gasteiger partial charge in [0.05, 0.1) is 36.5 Å². The maximum Gasteiger partial charge on any atom is 0.490 e. The van der Waals surface area contributed by atoms with Crippen molar-refractivity contribution in [3.63, 3.8) is 0 Å². The molecule has 180 valence electrons. The Morgan fingerprint density at radius 1 is 1.30 bits per heavy atom. The SMILES string of the molecule is Cc1nc(COC2CCOC3(C2)CN(C(=O)c2ccc(F)cc2)C3)cs1.O=C(O)C(F)(F)F. The summed E-state index contributed by atoms with van der Waals surface area (Å²) >= 11 is 1.63. The first-order valence-corrected chi connectivity index (χ1v) is 10.9. The Labute approximate surface area is 190 Å². The number of benzene rings is 1. The van der Waals surface area contributed by atoms with Crippen molar-refractivity contribution in [1.82, 2.24) is 9.88 Å². The van der Waals surface area contributed by atoms with Crippen molar-refractivity contribution in [2.24, 2.45) is 0 Å². The second-order valence-electron chi connectivity index (χ2n) is 7.79. The lowest BCUT2D eigenvalue weighted by molar-refractivity contribution is -0.192. The van der Waals surface area contributed by atoms with Gasteiger partial charge in [0, 0.05) is 24.0 Å². The summed E-state index contributed by atoms with van der Waals surface area (Å²) in [7, 11) is 0. The molecule has 0 bridgehead atoms. The number of rotatable bonds is 4. The first kappa shape index (κ1) is 25.1. The number of amides is 1. The molecule has 12 heteroatoms. The fraction of sp³-hybridized carbons (Fsp3) is 0.476. The third-order valence-electron chi connectivity index (χ3n) is 5.16. The highest BCUT2D eigenvalue weighted by atomic mass is 32.1. The monoisotopic (exact) mass is 490 g/mol. The summed E-state index contributed by atoms with van der Waals surface area (Å²) in [4.78, 5) is 27.5. The van der Waals surface area contributed by atoms with Gasteiger partial charge in [-0.15, -0.1) is 11.3 Å². The molecule has 4 rings (SSSR count). The smallest absolute Gasteiger partial charge is 0.475 e. The molecule has 7 nitrogen and oxygen atoms in total. The van der Waals surface area contributed by atoms with E-state index in [1.54, 1.807) is 16.2 Å². The summed E-state index contributed by atoms with van der Waals surface area (Å²) in [5.41, 5.74) is 1.16. The first-order chi connectivity index (χ1) is 15.5. The van der Waals surface area contributed by atoms with Crippen molar-refractivity contribution in [3.05, 3.63) is 51.7 Å². The van der Waals surface area contributed by atoms with Gasteiger partial charge in [-0.25, -0.2) is 14.2 Å². The van der Waals surface area contributed by atoms with E-state index in [1.807, 2.05) is 12.3 Å². The molecule has 0 aliphatic carbocycles. The van der Waals surface area contributed by atoms with Gasteiger partial charge in [-0.3, -0.25) is 4.79 Å². The van der Waals surface area contributed by atoms with Crippen LogP contribution < -0.4 is 0 Å². The Balaban J connectivity index is 0.000000383. The van der Waals surface area contributed by atoms with Crippen LogP contribution in [-0.4, -0.2) is 64.4 Å². The highest BCUT2D eigenvalue weighted by molar-refractivity contribution is 7.09. The van der Waals surface area contributed by atoms with Gasteiger partial charge < -0.3 is 19.5 Å². The molecule has 1 amide bonds. The van der Waals surface area contributed by atoms with Gasteiger partial charge in [-0.1, -0.05) is 0 Å². The number of carboxylic acid groups (broad SMARTS) is 1. The van der Waals surface area contributed by atoms with Crippen molar-refractivity contribution in [3.8, 4) is 0 Å². The molecule has 1 unspecified atom stereocenters. The number of carbonyl (C=O) groups is 2. The third kappa shape index (κ3) is 6.71. The van der Waals surface area contributed by atoms with Crippen LogP contribution in [0.4, 0.5) is 17.6 Å². The summed E-state index contributed by atoms with van der Waals surface area (Å²) in [6.07, 6.45) is -3.33. The number of carboxylic acids is 1. The lowest BCUT2D eigenvalue weighted by atomic mass is 9.84. The molecule has 0 saturated carbocycles. The van der Waals surface area contributed by atoms with Gasteiger partial charge in [0.1, 0.15) is 11.4 Å². The van der Waals surface area contributed by atoms with E-state index < -0.39 is 12.1 Å². The predicted molar refractivity (Wildman–Crippen MR) is 109 cm³/mol. The lowest BCUT2D eigenvalue weighted by Gasteiger charge is -2.53. The standard InChI is InChI=1S/C19H21FN2O3S.C2HF3O2/c1-13-21-16(10-26-13)9-24-17-6-7-25-19(8-17)11-22(12-19)18(23)14-2-4-15(20)5-3-14;3-2(4,5)1(6)7/h2-5,10,17H,6-9,11-12H2,1H3;(H,6,7). The number of nitrogens with zero attached hydrogens (tertiary/aromatic N) is 2. The zero-order valence-corrected chi connectivity index (χ0v) is 18.4. The lowest BCUT2D eigenvalue weighted by Crippen LogP contribution is -2.67. The molecular formula is C21H22F4N2O5S. The predicted octanol–water partition coefficient (Wildman–Crippen LogP) is 3.81. The van der Waals surface area contributed by atoms with Crippen LogP contribution in [0.5, 0.6) is 0 Å². The number of carbonyl (C=O) groups excluding carboxylic acids is 1. The van der Waals surface area contributed by atoms with E-state index in [0.29, 0.717) is 31.9 Å². The number of likely N-dealkylation sites (tertiary alicyclic amines) is 1. The maximum atomic E-state index is 13.0. The van der Waals surface area contributed by atoms with Gasteiger partial charge in [0.25, 0.3) is 5.91 Å². The van der Waals surface area contributed by atoms with Crippen molar-refractivity contribution >= 4 is 23.2 Å². The van der Waals surface area contributed by atoms with Gasteiger partial charge >= 0.3 is 12.1 Å². The number of aromatic nitrogens is 1. The number of ether oxygens (including phenoxy) is 2. The van der Waals surface area contributed by atoms with E-state index in [-0.39, 0.29) is 23.4 Å². The molecular weight excluding hydrogens is 468 g/mol. The molecule has 2 saturated heterocycles. The van der Waals surface area contributed by atoms with E-state index in [2.05, 4.69) is 4.98 Å². The van der Waals surface area contributed by atoms with Crippen molar-refractivity contribution in [2.75, 3.05) is 19.7 Å². The molecule has 1 aromatic heterocycles. The molecule has 1 N–H and O–H groups in total. The fourth-order valence-electron chi connectivity index (χ4n) is 3.59. The number of alkyl halides is 3. The van der Waals surface area contributed by atoms with Crippen molar-refractivity contribution in [1.29, 1.82) is 0 Å². The van der Waals surface area contributed by atoms with Gasteiger partial charge in [-0.05, 0) is 37.6 Å². The number of hydrogen-bond acceptors (Lipinski definition) is 6. The van der Waals surface area contributed by atoms with E-state index in [0.717, 1.165) is 23.5 Å². The highest BCUT2D eigenvalue weighted by Gasteiger charge is 2.49. The zero-order chi connectivity index (χ0) is 24.2. The van der Waals surface area contributed by atoms with Gasteiger partial charge in [0.2, 0.25) is 0 Å². The van der Waals surface area contributed by atoms with Crippen molar-refractivity contribution < 1.29 is 41.7 Å². The second-order valence-corrected chi connectivity index (χ2v) is 8.85. The average Bonchev–Trinajstić information content (AvgIpc) is 3.15. The van der Waals surface area contributed by atoms with Crippen LogP contribution in [0.2, 0.25) is 0 Å². The van der Waals surface area contributed by atoms with E-state index in [9.17, 15) is 22.4 Å². The van der Waals surface area contributed by atoms with E-state index in [1.165, 1.54) is 24.3 Å². The Morgan fingerprint density at radius 2 is 1.94 bits per heavy atom. The molecule has 3 heterocycles. The Hall–Kier alpha value is -2.57. The Bertz CT molecular complexity index is 974. The minimum atomic E-state index is -5.08. The normalized spacial score (nSPS) is 19.4. The Morgan fingerprint density at radius 3 is 2.48 bits per heavy atom. The molecule has 0 radical (unpaired) electrons. The number of hydrogen-bond donors (Lipinski definition) is 1. The molecule has 1 spiro atoms. The number of aryl methyl sites for hydroxylation is 1. The third-order valence-corrected chi connectivity index (χ3v) is 5.98. The first-order valence-electron chi connectivity index (χ1n) is 9.99. The quantitative estimate of drug-likeness (QED) is 0.656. The second kappa shape index (κ2) is 10.1. The highest BCUT2D eigenvalue weighted by Crippen LogP contribution is 2.36. The molecule has 2 aliphatic heterocycles. The minimum Gasteiger partial charge on any atom is -0.475 e. The maximum absolute atomic E-state index is 13.0. The van der Waals surface area contributed by atoms with Crippen LogP contribution in [-0.2, 0) is 20.9 Å².